The first kappa shape index (κ1) is 17.9. The van der Waals surface area contributed by atoms with Crippen molar-refractivity contribution in [2.75, 3.05) is 10.6 Å². The molecular weight excluding hydrogens is 362 g/mol. The number of urea groups is 1. The number of amides is 2. The van der Waals surface area contributed by atoms with Crippen LogP contribution in [0.2, 0.25) is 5.02 Å². The molecule has 24 heavy (non-hydrogen) atoms. The fourth-order valence-corrected chi connectivity index (χ4v) is 1.93. The molecule has 2 amide bonds. The highest BCUT2D eigenvalue weighted by molar-refractivity contribution is 6.30. The third-order valence-electron chi connectivity index (χ3n) is 2.82. The Morgan fingerprint density at radius 2 is 1.50 bits per heavy atom. The van der Waals surface area contributed by atoms with Crippen molar-refractivity contribution in [2.45, 2.75) is 6.18 Å². The molecule has 0 aliphatic carbocycles. The van der Waals surface area contributed by atoms with Gasteiger partial charge in [-0.2, -0.15) is 13.2 Å². The van der Waals surface area contributed by atoms with Gasteiger partial charge in [0, 0.05) is 5.02 Å². The normalized spacial score (nSPS) is 11.3. The van der Waals surface area contributed by atoms with E-state index >= 15 is 0 Å². The lowest BCUT2D eigenvalue weighted by atomic mass is 10.1. The van der Waals surface area contributed by atoms with E-state index in [4.69, 9.17) is 11.6 Å². The number of halogens is 7. The summed E-state index contributed by atoms with van der Waals surface area (Å²) in [4.78, 5) is 11.7. The summed E-state index contributed by atoms with van der Waals surface area (Å²) in [6.07, 6.45) is -4.80. The number of anilines is 2. The summed E-state index contributed by atoms with van der Waals surface area (Å²) in [6.45, 7) is 0. The number of alkyl halides is 3. The molecular formula is C14H7ClF6N2O. The van der Waals surface area contributed by atoms with E-state index in [1.54, 1.807) is 5.32 Å². The van der Waals surface area contributed by atoms with Crippen molar-refractivity contribution in [2.24, 2.45) is 0 Å². The van der Waals surface area contributed by atoms with Gasteiger partial charge < -0.3 is 10.6 Å². The van der Waals surface area contributed by atoms with E-state index in [-0.39, 0.29) is 5.02 Å². The zero-order chi connectivity index (χ0) is 18.1. The van der Waals surface area contributed by atoms with E-state index in [0.29, 0.717) is 12.1 Å². The Balaban J connectivity index is 2.24. The summed E-state index contributed by atoms with van der Waals surface area (Å²) in [6, 6.07) is 2.58. The lowest BCUT2D eigenvalue weighted by Gasteiger charge is -2.15. The van der Waals surface area contributed by atoms with Crippen LogP contribution in [0.5, 0.6) is 0 Å². The molecule has 10 heteroatoms. The summed E-state index contributed by atoms with van der Waals surface area (Å²) in [7, 11) is 0. The van der Waals surface area contributed by atoms with Gasteiger partial charge in [-0.1, -0.05) is 11.6 Å². The second kappa shape index (κ2) is 6.60. The zero-order valence-corrected chi connectivity index (χ0v) is 12.2. The Kier molecular flexibility index (Phi) is 4.93. The standard InChI is InChI=1S/C14H7ClF6N2O/c15-6-1-3-9(7(5-6)14(19,20)21)22-13(24)23-10-4-2-8(16)11(17)12(10)18/h1-5H,(H2,22,23,24). The minimum atomic E-state index is -4.80. The number of carbonyl (C=O) groups excluding carboxylic acids is 1. The summed E-state index contributed by atoms with van der Waals surface area (Å²) in [5.41, 5.74) is -2.61. The topological polar surface area (TPSA) is 41.1 Å². The minimum absolute atomic E-state index is 0.208. The van der Waals surface area contributed by atoms with Gasteiger partial charge in [-0.05, 0) is 30.3 Å². The average molecular weight is 369 g/mol. The number of benzene rings is 2. The van der Waals surface area contributed by atoms with Crippen molar-refractivity contribution in [1.29, 1.82) is 0 Å². The third kappa shape index (κ3) is 3.91. The predicted octanol–water partition coefficient (Wildman–Crippen LogP) is 5.42. The van der Waals surface area contributed by atoms with Gasteiger partial charge in [-0.3, -0.25) is 0 Å². The van der Waals surface area contributed by atoms with E-state index in [1.165, 1.54) is 0 Å². The third-order valence-corrected chi connectivity index (χ3v) is 3.05. The minimum Gasteiger partial charge on any atom is -0.307 e. The van der Waals surface area contributed by atoms with Crippen LogP contribution in [0.1, 0.15) is 5.56 Å². The molecule has 3 nitrogen and oxygen atoms in total. The lowest BCUT2D eigenvalue weighted by Crippen LogP contribution is -2.22. The molecule has 2 rings (SSSR count). The molecule has 0 saturated carbocycles. The van der Waals surface area contributed by atoms with Gasteiger partial charge in [0.15, 0.2) is 17.5 Å². The van der Waals surface area contributed by atoms with Crippen molar-refractivity contribution in [1.82, 2.24) is 0 Å². The maximum Gasteiger partial charge on any atom is 0.418 e. The van der Waals surface area contributed by atoms with Crippen molar-refractivity contribution >= 4 is 29.0 Å². The molecule has 0 aliphatic heterocycles. The van der Waals surface area contributed by atoms with Crippen LogP contribution < -0.4 is 10.6 Å². The Morgan fingerprint density at radius 1 is 0.917 bits per heavy atom. The largest absolute Gasteiger partial charge is 0.418 e. The number of hydrogen-bond donors (Lipinski definition) is 2. The first-order chi connectivity index (χ1) is 11.1. The van der Waals surface area contributed by atoms with Crippen LogP contribution in [-0.2, 0) is 6.18 Å². The van der Waals surface area contributed by atoms with Crippen molar-refractivity contribution in [3.8, 4) is 0 Å². The molecule has 0 bridgehead atoms. The fraction of sp³-hybridized carbons (Fsp3) is 0.0714. The van der Waals surface area contributed by atoms with Crippen LogP contribution in [0.15, 0.2) is 30.3 Å². The Bertz CT molecular complexity index is 794. The summed E-state index contributed by atoms with van der Waals surface area (Å²) < 4.78 is 77.9. The summed E-state index contributed by atoms with van der Waals surface area (Å²) in [5, 5.41) is 3.42. The fourth-order valence-electron chi connectivity index (χ4n) is 1.76. The van der Waals surface area contributed by atoms with Gasteiger partial charge in [0.05, 0.1) is 16.9 Å². The molecule has 0 fully saturated rings. The second-order valence-corrected chi connectivity index (χ2v) is 4.93. The lowest BCUT2D eigenvalue weighted by molar-refractivity contribution is -0.136. The smallest absolute Gasteiger partial charge is 0.307 e. The molecule has 0 aromatic heterocycles. The SMILES string of the molecule is O=C(Nc1ccc(Cl)cc1C(F)(F)F)Nc1ccc(F)c(F)c1F. The van der Waals surface area contributed by atoms with Crippen LogP contribution in [0.4, 0.5) is 42.5 Å². The van der Waals surface area contributed by atoms with Gasteiger partial charge in [0.1, 0.15) is 0 Å². The number of carbonyl (C=O) groups is 1. The van der Waals surface area contributed by atoms with Crippen molar-refractivity contribution < 1.29 is 31.1 Å². The molecule has 2 N–H and O–H groups in total. The average Bonchev–Trinajstić information content (AvgIpc) is 2.49. The summed E-state index contributed by atoms with van der Waals surface area (Å²) in [5.74, 6) is -4.98. The number of nitrogens with one attached hydrogen (secondary N) is 2. The molecule has 128 valence electrons. The van der Waals surface area contributed by atoms with Crippen LogP contribution in [0, 0.1) is 17.5 Å². The van der Waals surface area contributed by atoms with E-state index in [9.17, 15) is 31.1 Å². The van der Waals surface area contributed by atoms with Gasteiger partial charge in [-0.25, -0.2) is 18.0 Å². The van der Waals surface area contributed by atoms with E-state index in [2.05, 4.69) is 0 Å². The molecule has 0 unspecified atom stereocenters. The van der Waals surface area contributed by atoms with Crippen LogP contribution in [0.3, 0.4) is 0 Å². The van der Waals surface area contributed by atoms with Gasteiger partial charge in [-0.15, -0.1) is 0 Å². The first-order valence-corrected chi connectivity index (χ1v) is 6.55. The van der Waals surface area contributed by atoms with Crippen molar-refractivity contribution in [3.05, 3.63) is 58.4 Å². The van der Waals surface area contributed by atoms with E-state index in [1.807, 2.05) is 5.32 Å². The van der Waals surface area contributed by atoms with Gasteiger partial charge >= 0.3 is 12.2 Å². The maximum absolute atomic E-state index is 13.4. The highest BCUT2D eigenvalue weighted by atomic mass is 35.5. The predicted molar refractivity (Wildman–Crippen MR) is 75.4 cm³/mol. The van der Waals surface area contributed by atoms with Crippen LogP contribution in [0.25, 0.3) is 0 Å². The van der Waals surface area contributed by atoms with Crippen LogP contribution >= 0.6 is 11.6 Å². The molecule has 2 aromatic rings. The Hall–Kier alpha value is -2.42. The molecule has 0 atom stereocenters. The zero-order valence-electron chi connectivity index (χ0n) is 11.4. The van der Waals surface area contributed by atoms with E-state index in [0.717, 1.165) is 18.2 Å². The summed E-state index contributed by atoms with van der Waals surface area (Å²) >= 11 is 5.49. The van der Waals surface area contributed by atoms with Crippen molar-refractivity contribution in [3.63, 3.8) is 0 Å². The van der Waals surface area contributed by atoms with E-state index < -0.39 is 46.6 Å². The maximum atomic E-state index is 13.4. The van der Waals surface area contributed by atoms with Gasteiger partial charge in [0.25, 0.3) is 0 Å². The number of hydrogen-bond acceptors (Lipinski definition) is 1. The first-order valence-electron chi connectivity index (χ1n) is 6.18. The Labute approximate surface area is 136 Å². The molecule has 2 aromatic carbocycles. The monoisotopic (exact) mass is 368 g/mol. The highest BCUT2D eigenvalue weighted by Gasteiger charge is 2.34. The highest BCUT2D eigenvalue weighted by Crippen LogP contribution is 2.36. The molecule has 0 radical (unpaired) electrons. The molecule has 0 aliphatic rings. The Morgan fingerprint density at radius 3 is 2.12 bits per heavy atom. The molecule has 0 spiro atoms. The second-order valence-electron chi connectivity index (χ2n) is 4.49. The molecule has 0 heterocycles. The van der Waals surface area contributed by atoms with Crippen LogP contribution in [-0.4, -0.2) is 6.03 Å². The number of rotatable bonds is 2. The van der Waals surface area contributed by atoms with Gasteiger partial charge in [0.2, 0.25) is 0 Å². The molecule has 0 saturated heterocycles. The quantitative estimate of drug-likeness (QED) is 0.539.